The van der Waals surface area contributed by atoms with E-state index in [2.05, 4.69) is 13.6 Å². The maximum atomic E-state index is 2.29. The normalized spacial score (nSPS) is 12.8. The molecular formula is C6H16P2. The van der Waals surface area contributed by atoms with Crippen molar-refractivity contribution in [1.82, 2.24) is 0 Å². The first kappa shape index (κ1) is 8.86. The standard InChI is InChI=1S/C6H16P2/c1-3-4-8-6-5-7-2/h7-8H,3-6H2,1-2H3. The lowest BCUT2D eigenvalue weighted by atomic mass is 10.6. The second-order valence-corrected chi connectivity index (χ2v) is 4.56. The molecule has 0 aromatic carbocycles. The summed E-state index contributed by atoms with van der Waals surface area (Å²) in [6, 6.07) is 0. The second kappa shape index (κ2) is 7.86. The summed E-state index contributed by atoms with van der Waals surface area (Å²) in [5, 5.41) is 0. The van der Waals surface area contributed by atoms with E-state index in [-0.39, 0.29) is 0 Å². The Morgan fingerprint density at radius 2 is 1.88 bits per heavy atom. The minimum atomic E-state index is 1.18. The fourth-order valence-electron chi connectivity index (χ4n) is 0.515. The molecule has 2 heteroatoms. The van der Waals surface area contributed by atoms with Crippen LogP contribution in [0.4, 0.5) is 0 Å². The molecule has 0 rings (SSSR count). The molecule has 0 aliphatic heterocycles. The van der Waals surface area contributed by atoms with Crippen LogP contribution in [-0.2, 0) is 0 Å². The van der Waals surface area contributed by atoms with Crippen LogP contribution >= 0.6 is 17.2 Å². The molecule has 0 saturated heterocycles. The van der Waals surface area contributed by atoms with E-state index in [1.165, 1.54) is 42.1 Å². The third-order valence-electron chi connectivity index (χ3n) is 0.979. The van der Waals surface area contributed by atoms with E-state index in [1.807, 2.05) is 0 Å². The van der Waals surface area contributed by atoms with Gasteiger partial charge in [-0.2, -0.15) is 0 Å². The van der Waals surface area contributed by atoms with Gasteiger partial charge >= 0.3 is 0 Å². The highest BCUT2D eigenvalue weighted by Crippen LogP contribution is 2.14. The molecule has 0 aromatic rings. The first-order valence-electron chi connectivity index (χ1n) is 3.27. The average Bonchev–Trinajstić information content (AvgIpc) is 1.81. The molecule has 0 saturated carbocycles. The molecule has 0 N–H and O–H groups in total. The monoisotopic (exact) mass is 150 g/mol. The summed E-state index contributed by atoms with van der Waals surface area (Å²) in [5.74, 6) is 0. The Labute approximate surface area is 56.4 Å². The van der Waals surface area contributed by atoms with E-state index in [0.29, 0.717) is 0 Å². The second-order valence-electron chi connectivity index (χ2n) is 1.85. The van der Waals surface area contributed by atoms with Gasteiger partial charge in [0.15, 0.2) is 0 Å². The molecule has 0 spiro atoms. The van der Waals surface area contributed by atoms with E-state index in [9.17, 15) is 0 Å². The molecule has 50 valence electrons. The molecular weight excluding hydrogens is 134 g/mol. The maximum absolute atomic E-state index is 2.29. The molecule has 2 atom stereocenters. The molecule has 0 aromatic heterocycles. The summed E-state index contributed by atoms with van der Waals surface area (Å²) >= 11 is 0. The third-order valence-corrected chi connectivity index (χ3v) is 3.69. The van der Waals surface area contributed by atoms with Gasteiger partial charge in [0.25, 0.3) is 0 Å². The van der Waals surface area contributed by atoms with Crippen molar-refractivity contribution in [3.63, 3.8) is 0 Å². The van der Waals surface area contributed by atoms with Gasteiger partial charge in [-0.3, -0.25) is 0 Å². The molecule has 0 aliphatic carbocycles. The summed E-state index contributed by atoms with van der Waals surface area (Å²) < 4.78 is 0. The first-order valence-corrected chi connectivity index (χ1v) is 6.39. The Morgan fingerprint density at radius 1 is 1.12 bits per heavy atom. The maximum Gasteiger partial charge on any atom is -0.0316 e. The summed E-state index contributed by atoms with van der Waals surface area (Å²) in [6.45, 7) is 4.55. The van der Waals surface area contributed by atoms with Crippen LogP contribution in [0.5, 0.6) is 0 Å². The minimum Gasteiger partial charge on any atom is -0.125 e. The Balaban J connectivity index is 2.53. The average molecular weight is 150 g/mol. The molecule has 8 heavy (non-hydrogen) atoms. The molecule has 0 bridgehead atoms. The molecule has 0 aliphatic rings. The van der Waals surface area contributed by atoms with Gasteiger partial charge in [-0.05, 0) is 25.2 Å². The van der Waals surface area contributed by atoms with Crippen LogP contribution in [0.1, 0.15) is 13.3 Å². The topological polar surface area (TPSA) is 0 Å². The van der Waals surface area contributed by atoms with E-state index >= 15 is 0 Å². The van der Waals surface area contributed by atoms with Crippen molar-refractivity contribution in [2.45, 2.75) is 13.3 Å². The van der Waals surface area contributed by atoms with Gasteiger partial charge in [-0.25, -0.2) is 0 Å². The quantitative estimate of drug-likeness (QED) is 0.417. The molecule has 2 unspecified atom stereocenters. The van der Waals surface area contributed by atoms with Crippen molar-refractivity contribution in [3.8, 4) is 0 Å². The Kier molecular flexibility index (Phi) is 8.70. The van der Waals surface area contributed by atoms with E-state index in [0.717, 1.165) is 0 Å². The zero-order chi connectivity index (χ0) is 6.24. The van der Waals surface area contributed by atoms with Crippen LogP contribution in [-0.4, -0.2) is 25.2 Å². The fraction of sp³-hybridized carbons (Fsp3) is 1.00. The Morgan fingerprint density at radius 3 is 2.38 bits per heavy atom. The molecule has 0 amide bonds. The third kappa shape index (κ3) is 6.86. The minimum absolute atomic E-state index is 1.18. The van der Waals surface area contributed by atoms with Crippen molar-refractivity contribution in [2.75, 3.05) is 25.2 Å². The predicted octanol–water partition coefficient (Wildman–Crippen LogP) is 2.38. The number of hydrogen-bond acceptors (Lipinski definition) is 0. The van der Waals surface area contributed by atoms with Gasteiger partial charge in [0, 0.05) is 0 Å². The van der Waals surface area contributed by atoms with Crippen LogP contribution in [0.25, 0.3) is 0 Å². The number of hydrogen-bond donors (Lipinski definition) is 0. The van der Waals surface area contributed by atoms with Crippen molar-refractivity contribution < 1.29 is 0 Å². The zero-order valence-electron chi connectivity index (χ0n) is 5.83. The highest BCUT2D eigenvalue weighted by atomic mass is 31.1. The molecule has 0 fully saturated rings. The van der Waals surface area contributed by atoms with Gasteiger partial charge in [0.1, 0.15) is 0 Å². The summed E-state index contributed by atoms with van der Waals surface area (Å²) in [4.78, 5) is 0. The van der Waals surface area contributed by atoms with Crippen molar-refractivity contribution >= 4 is 17.2 Å². The smallest absolute Gasteiger partial charge is 0.0316 e. The van der Waals surface area contributed by atoms with E-state index in [1.54, 1.807) is 0 Å². The highest BCUT2D eigenvalue weighted by Gasteiger charge is 1.82. The predicted molar refractivity (Wildman–Crippen MR) is 47.4 cm³/mol. The molecule has 0 nitrogen and oxygen atoms in total. The largest absolute Gasteiger partial charge is 0.125 e. The van der Waals surface area contributed by atoms with Crippen LogP contribution in [0.2, 0.25) is 0 Å². The van der Waals surface area contributed by atoms with Crippen molar-refractivity contribution in [2.24, 2.45) is 0 Å². The van der Waals surface area contributed by atoms with Gasteiger partial charge in [0.05, 0.1) is 0 Å². The number of rotatable bonds is 5. The van der Waals surface area contributed by atoms with E-state index < -0.39 is 0 Å². The first-order chi connectivity index (χ1) is 3.91. The lowest BCUT2D eigenvalue weighted by molar-refractivity contribution is 1.10. The highest BCUT2D eigenvalue weighted by molar-refractivity contribution is 7.42. The van der Waals surface area contributed by atoms with Crippen LogP contribution in [0.15, 0.2) is 0 Å². The van der Waals surface area contributed by atoms with Gasteiger partial charge in [0.2, 0.25) is 0 Å². The zero-order valence-corrected chi connectivity index (χ0v) is 7.83. The molecule has 0 heterocycles. The van der Waals surface area contributed by atoms with Gasteiger partial charge in [-0.1, -0.05) is 13.3 Å². The van der Waals surface area contributed by atoms with E-state index in [4.69, 9.17) is 0 Å². The van der Waals surface area contributed by atoms with Crippen molar-refractivity contribution in [1.29, 1.82) is 0 Å². The summed E-state index contributed by atoms with van der Waals surface area (Å²) in [6.07, 6.45) is 5.80. The lowest BCUT2D eigenvalue weighted by Crippen LogP contribution is -1.79. The van der Waals surface area contributed by atoms with Gasteiger partial charge in [-0.15, -0.1) is 17.2 Å². The van der Waals surface area contributed by atoms with Crippen LogP contribution in [0, 0.1) is 0 Å². The summed E-state index contributed by atoms with van der Waals surface area (Å²) in [5.41, 5.74) is 0. The van der Waals surface area contributed by atoms with Crippen molar-refractivity contribution in [3.05, 3.63) is 0 Å². The van der Waals surface area contributed by atoms with Crippen LogP contribution < -0.4 is 0 Å². The Bertz CT molecular complexity index is 31.5. The summed E-state index contributed by atoms with van der Waals surface area (Å²) in [7, 11) is 2.42. The lowest BCUT2D eigenvalue weighted by Gasteiger charge is -1.94. The fourth-order valence-corrected chi connectivity index (χ4v) is 2.83. The molecule has 0 radical (unpaired) electrons. The van der Waals surface area contributed by atoms with Crippen LogP contribution in [0.3, 0.4) is 0 Å². The van der Waals surface area contributed by atoms with Gasteiger partial charge < -0.3 is 0 Å². The Hall–Kier alpha value is 0.860. The SMILES string of the molecule is CCCPCCPC.